The molecule has 1 aromatic carbocycles. The van der Waals surface area contributed by atoms with Gasteiger partial charge in [0.15, 0.2) is 11.6 Å². The Hall–Kier alpha value is -2.44. The molecule has 1 saturated carbocycles. The van der Waals surface area contributed by atoms with Crippen molar-refractivity contribution in [2.45, 2.75) is 44.7 Å². The quantitative estimate of drug-likeness (QED) is 0.710. The smallest absolute Gasteiger partial charge is 0.315 e. The molecule has 136 valence electrons. The van der Waals surface area contributed by atoms with Crippen molar-refractivity contribution in [1.29, 1.82) is 0 Å². The minimum absolute atomic E-state index is 0.105. The molecular formula is C18H22F2N2O3. The minimum Gasteiger partial charge on any atom is -0.481 e. The molecule has 0 aromatic heterocycles. The number of halogens is 2. The van der Waals surface area contributed by atoms with Crippen LogP contribution in [0.2, 0.25) is 0 Å². The molecule has 1 aliphatic rings. The normalized spacial score (nSPS) is 21.2. The lowest BCUT2D eigenvalue weighted by molar-refractivity contribution is -0.142. The second-order valence-corrected chi connectivity index (χ2v) is 6.46. The summed E-state index contributed by atoms with van der Waals surface area (Å²) in [6.45, 7) is 5.47. The van der Waals surface area contributed by atoms with E-state index < -0.39 is 29.7 Å². The maximum atomic E-state index is 13.4. The molecule has 1 atom stereocenters. The second-order valence-electron chi connectivity index (χ2n) is 6.46. The highest BCUT2D eigenvalue weighted by molar-refractivity contribution is 5.75. The summed E-state index contributed by atoms with van der Waals surface area (Å²) in [6, 6.07) is 2.24. The Bertz CT molecular complexity index is 670. The second kappa shape index (κ2) is 8.09. The van der Waals surface area contributed by atoms with Crippen LogP contribution in [0.15, 0.2) is 30.4 Å². The summed E-state index contributed by atoms with van der Waals surface area (Å²) < 4.78 is 26.5. The monoisotopic (exact) mass is 352 g/mol. The molecule has 1 aliphatic carbocycles. The van der Waals surface area contributed by atoms with Gasteiger partial charge >= 0.3 is 12.0 Å². The Morgan fingerprint density at radius 2 is 1.84 bits per heavy atom. The number of carboxylic acids is 1. The summed E-state index contributed by atoms with van der Waals surface area (Å²) in [7, 11) is 0. The van der Waals surface area contributed by atoms with Gasteiger partial charge in [0.05, 0.1) is 12.0 Å². The topological polar surface area (TPSA) is 78.4 Å². The lowest BCUT2D eigenvalue weighted by atomic mass is 9.86. The average molecular weight is 352 g/mol. The van der Waals surface area contributed by atoms with Crippen molar-refractivity contribution >= 4 is 12.0 Å². The average Bonchev–Trinajstić information content (AvgIpc) is 2.55. The van der Waals surface area contributed by atoms with Crippen LogP contribution in [0.25, 0.3) is 0 Å². The molecule has 25 heavy (non-hydrogen) atoms. The molecule has 0 bridgehead atoms. The Kier molecular flexibility index (Phi) is 6.12. The van der Waals surface area contributed by atoms with E-state index in [4.69, 9.17) is 5.11 Å². The standard InChI is InChI=1S/C18H22F2N2O3/c1-10(2)16(12-5-8-14(19)15(20)9-12)22-18(25)21-13-6-3-11(4-7-13)17(23)24/h5,8-9,11,13,16H,1,3-4,6-7H2,2H3,(H,23,24)(H2,21,22,25). The van der Waals surface area contributed by atoms with E-state index in [1.165, 1.54) is 6.07 Å². The molecule has 0 spiro atoms. The Labute approximate surface area is 145 Å². The first kappa shape index (κ1) is 18.9. The number of benzene rings is 1. The van der Waals surface area contributed by atoms with Gasteiger partial charge in [-0.2, -0.15) is 0 Å². The fourth-order valence-electron chi connectivity index (χ4n) is 3.03. The number of nitrogens with one attached hydrogen (secondary N) is 2. The zero-order valence-corrected chi connectivity index (χ0v) is 14.0. The van der Waals surface area contributed by atoms with Crippen LogP contribution in [-0.2, 0) is 4.79 Å². The van der Waals surface area contributed by atoms with Crippen molar-refractivity contribution < 1.29 is 23.5 Å². The Morgan fingerprint density at radius 3 is 2.36 bits per heavy atom. The van der Waals surface area contributed by atoms with Gasteiger partial charge < -0.3 is 15.7 Å². The van der Waals surface area contributed by atoms with Gasteiger partial charge in [0, 0.05) is 6.04 Å². The number of hydrogen-bond donors (Lipinski definition) is 3. The van der Waals surface area contributed by atoms with E-state index in [2.05, 4.69) is 17.2 Å². The maximum Gasteiger partial charge on any atom is 0.315 e. The summed E-state index contributed by atoms with van der Waals surface area (Å²) in [6.07, 6.45) is 2.22. The first-order chi connectivity index (χ1) is 11.8. The van der Waals surface area contributed by atoms with Crippen molar-refractivity contribution in [1.82, 2.24) is 10.6 Å². The van der Waals surface area contributed by atoms with Gasteiger partial charge in [0.2, 0.25) is 0 Å². The zero-order valence-electron chi connectivity index (χ0n) is 14.0. The van der Waals surface area contributed by atoms with Crippen LogP contribution in [0.3, 0.4) is 0 Å². The molecule has 2 amide bonds. The molecule has 3 N–H and O–H groups in total. The van der Waals surface area contributed by atoms with Crippen molar-refractivity contribution in [3.05, 3.63) is 47.5 Å². The number of aliphatic carboxylic acids is 1. The molecule has 5 nitrogen and oxygen atoms in total. The van der Waals surface area contributed by atoms with Crippen molar-refractivity contribution in [3.63, 3.8) is 0 Å². The molecule has 7 heteroatoms. The van der Waals surface area contributed by atoms with Gasteiger partial charge in [-0.25, -0.2) is 13.6 Å². The summed E-state index contributed by atoms with van der Waals surface area (Å²) in [4.78, 5) is 23.2. The third kappa shape index (κ3) is 5.01. The highest BCUT2D eigenvalue weighted by Gasteiger charge is 2.27. The lowest BCUT2D eigenvalue weighted by Crippen LogP contribution is -2.45. The van der Waals surface area contributed by atoms with Gasteiger partial charge in [-0.05, 0) is 50.3 Å². The molecule has 1 fully saturated rings. The molecule has 0 radical (unpaired) electrons. The van der Waals surface area contributed by atoms with Crippen LogP contribution in [0.4, 0.5) is 13.6 Å². The van der Waals surface area contributed by atoms with Crippen LogP contribution < -0.4 is 10.6 Å². The third-order valence-corrected chi connectivity index (χ3v) is 4.46. The summed E-state index contributed by atoms with van der Waals surface area (Å²) in [5, 5.41) is 14.5. The summed E-state index contributed by atoms with van der Waals surface area (Å²) >= 11 is 0. The molecule has 0 saturated heterocycles. The zero-order chi connectivity index (χ0) is 18.6. The largest absolute Gasteiger partial charge is 0.481 e. The van der Waals surface area contributed by atoms with Crippen molar-refractivity contribution in [2.24, 2.45) is 5.92 Å². The highest BCUT2D eigenvalue weighted by Crippen LogP contribution is 2.25. The number of rotatable bonds is 5. The summed E-state index contributed by atoms with van der Waals surface area (Å²) in [5.41, 5.74) is 0.979. The number of amides is 2. The van der Waals surface area contributed by atoms with Crippen LogP contribution >= 0.6 is 0 Å². The predicted molar refractivity (Wildman–Crippen MR) is 89.0 cm³/mol. The van der Waals surface area contributed by atoms with E-state index in [-0.39, 0.29) is 12.0 Å². The fourth-order valence-corrected chi connectivity index (χ4v) is 3.03. The van der Waals surface area contributed by atoms with Crippen LogP contribution in [-0.4, -0.2) is 23.1 Å². The van der Waals surface area contributed by atoms with Crippen LogP contribution in [0.5, 0.6) is 0 Å². The van der Waals surface area contributed by atoms with Crippen molar-refractivity contribution in [3.8, 4) is 0 Å². The molecule has 1 aromatic rings. The maximum absolute atomic E-state index is 13.4. The number of carbonyl (C=O) groups excluding carboxylic acids is 1. The predicted octanol–water partition coefficient (Wildman–Crippen LogP) is 3.52. The Morgan fingerprint density at radius 1 is 1.20 bits per heavy atom. The molecule has 1 unspecified atom stereocenters. The molecular weight excluding hydrogens is 330 g/mol. The lowest BCUT2D eigenvalue weighted by Gasteiger charge is -2.28. The number of urea groups is 1. The van der Waals surface area contributed by atoms with E-state index in [1.54, 1.807) is 6.92 Å². The first-order valence-electron chi connectivity index (χ1n) is 8.18. The van der Waals surface area contributed by atoms with Gasteiger partial charge in [-0.3, -0.25) is 4.79 Å². The number of carbonyl (C=O) groups is 2. The van der Waals surface area contributed by atoms with E-state index in [0.29, 0.717) is 36.8 Å². The third-order valence-electron chi connectivity index (χ3n) is 4.46. The van der Waals surface area contributed by atoms with Gasteiger partial charge in [-0.1, -0.05) is 18.2 Å². The van der Waals surface area contributed by atoms with Gasteiger partial charge in [0.25, 0.3) is 0 Å². The molecule has 0 aliphatic heterocycles. The SMILES string of the molecule is C=C(C)C(NC(=O)NC1CCC(C(=O)O)CC1)c1ccc(F)c(F)c1. The minimum atomic E-state index is -0.988. The summed E-state index contributed by atoms with van der Waals surface area (Å²) in [5.74, 6) is -3.10. The van der Waals surface area contributed by atoms with Gasteiger partial charge in [-0.15, -0.1) is 0 Å². The Balaban J connectivity index is 1.96. The fraction of sp³-hybridized carbons (Fsp3) is 0.444. The van der Waals surface area contributed by atoms with Crippen molar-refractivity contribution in [2.75, 3.05) is 0 Å². The molecule has 2 rings (SSSR count). The van der Waals surface area contributed by atoms with E-state index >= 15 is 0 Å². The van der Waals surface area contributed by atoms with E-state index in [1.807, 2.05) is 0 Å². The first-order valence-corrected chi connectivity index (χ1v) is 8.18. The highest BCUT2D eigenvalue weighted by atomic mass is 19.2. The van der Waals surface area contributed by atoms with Crippen LogP contribution in [0.1, 0.15) is 44.2 Å². The van der Waals surface area contributed by atoms with E-state index in [9.17, 15) is 18.4 Å². The van der Waals surface area contributed by atoms with Crippen LogP contribution in [0, 0.1) is 17.6 Å². The molecule has 0 heterocycles. The van der Waals surface area contributed by atoms with E-state index in [0.717, 1.165) is 12.1 Å². The number of carboxylic acid groups (broad SMARTS) is 1. The number of hydrogen-bond acceptors (Lipinski definition) is 2. The van der Waals surface area contributed by atoms with Gasteiger partial charge in [0.1, 0.15) is 0 Å².